The van der Waals surface area contributed by atoms with Gasteiger partial charge in [0.1, 0.15) is 18.6 Å². The number of aliphatic hydroxyl groups is 1. The van der Waals surface area contributed by atoms with Gasteiger partial charge in [0.25, 0.3) is 0 Å². The number of fused-ring (bicyclic) bond motifs is 2. The van der Waals surface area contributed by atoms with E-state index in [9.17, 15) is 33.1 Å². The van der Waals surface area contributed by atoms with Crippen molar-refractivity contribution in [1.29, 1.82) is 0 Å². The van der Waals surface area contributed by atoms with Crippen molar-refractivity contribution in [3.63, 3.8) is 0 Å². The number of nitrogens with two attached hydrogens (primary N) is 2. The third kappa shape index (κ3) is 8.49. The topological polar surface area (TPSA) is 336 Å². The number of hydrogen-bond donors (Lipinski definition) is 3. The SMILES string of the molecule is C#C[C@]1(CC)O[C@@H](n2cnc3c(N)nc(F)nc32)C[C@@H]1OC(=O)OCc1oc(=O)oc1C.C#C[C@]1(CO)O[C@@H](n2cnc3c(N)nc(F)nc32)C[C@@H]1OC(=O)OCc1oc(=O)oc1C. The first-order valence-electron chi connectivity index (χ1n) is 18.6. The molecule has 25 nitrogen and oxygen atoms in total. The maximum Gasteiger partial charge on any atom is 0.519 e. The number of anilines is 2. The first-order chi connectivity index (χ1) is 30.5. The molecular formula is C37H34F2N10O15. The number of aromatic nitrogens is 8. The monoisotopic (exact) mass is 896 g/mol. The summed E-state index contributed by atoms with van der Waals surface area (Å²) < 4.78 is 81.4. The van der Waals surface area contributed by atoms with Gasteiger partial charge in [-0.15, -0.1) is 12.8 Å². The maximum absolute atomic E-state index is 13.7. The van der Waals surface area contributed by atoms with Crippen molar-refractivity contribution in [3.05, 3.63) is 69.1 Å². The van der Waals surface area contributed by atoms with Crippen molar-refractivity contribution < 1.29 is 69.6 Å². The van der Waals surface area contributed by atoms with Crippen LogP contribution in [0.4, 0.5) is 30.0 Å². The van der Waals surface area contributed by atoms with Crippen LogP contribution in [-0.4, -0.2) is 86.5 Å². The minimum atomic E-state index is -1.73. The summed E-state index contributed by atoms with van der Waals surface area (Å²) in [7, 11) is 0. The van der Waals surface area contributed by atoms with Gasteiger partial charge >= 0.3 is 36.1 Å². The molecule has 2 fully saturated rings. The fourth-order valence-electron chi connectivity index (χ4n) is 6.76. The maximum atomic E-state index is 13.7. The summed E-state index contributed by atoms with van der Waals surface area (Å²) in [5.74, 6) is 3.04. The Morgan fingerprint density at radius 3 is 1.58 bits per heavy atom. The van der Waals surface area contributed by atoms with Gasteiger partial charge in [0, 0.05) is 12.8 Å². The first kappa shape index (κ1) is 44.2. The normalized spacial score (nSPS) is 22.7. The summed E-state index contributed by atoms with van der Waals surface area (Å²) >= 11 is 0. The Morgan fingerprint density at radius 2 is 1.20 bits per heavy atom. The number of nitrogens with zero attached hydrogens (tertiary/aromatic N) is 8. The number of halogens is 2. The van der Waals surface area contributed by atoms with E-state index in [0.29, 0.717) is 6.42 Å². The molecule has 336 valence electrons. The molecule has 5 N–H and O–H groups in total. The van der Waals surface area contributed by atoms with Crippen molar-refractivity contribution in [2.45, 2.75) is 89.1 Å². The highest BCUT2D eigenvalue weighted by atomic mass is 19.1. The largest absolute Gasteiger partial charge is 0.519 e. The Bertz CT molecular complexity index is 2750. The Kier molecular flexibility index (Phi) is 12.1. The van der Waals surface area contributed by atoms with Crippen LogP contribution in [-0.2, 0) is 41.6 Å². The standard InChI is InChI=1S/C19H18FN5O7.C18H16FN5O8/c1-4-19(5-2)11(31-17(26)28-7-10-9(3)29-18(27)30-10)6-12(32-19)25-8-22-13-14(21)23-16(20)24-15(13)25;1-3-18(6-25)10(31-16(26)28-5-9-8(2)29-17(27)30-9)4-11(32-18)24-7-21-12-13(20)22-15(19)23-14(12)24/h1,8,11-12H,5-7H2,2-3H3,(H2,21,23,24);1,7,10-11,25H,4-6H2,2H3,(H2,20,22,23)/t11-,12+,19+;10-,11+,18+/m00/s1. The summed E-state index contributed by atoms with van der Waals surface area (Å²) in [4.78, 5) is 69.0. The second-order valence-corrected chi connectivity index (χ2v) is 13.8. The number of terminal acetylenes is 2. The number of aliphatic hydroxyl groups excluding tert-OH is 1. The number of carbonyl (C=O) groups is 2. The average Bonchev–Trinajstić information content (AvgIpc) is 4.11. The Hall–Kier alpha value is -7.88. The molecule has 64 heavy (non-hydrogen) atoms. The van der Waals surface area contributed by atoms with E-state index in [-0.39, 0.29) is 76.5 Å². The van der Waals surface area contributed by atoms with Crippen LogP contribution in [0, 0.1) is 50.7 Å². The number of nitrogen functional groups attached to an aromatic ring is 2. The fraction of sp³-hybridized carbons (Fsp3) is 0.405. The molecule has 0 unspecified atom stereocenters. The molecule has 2 saturated heterocycles. The molecule has 6 aromatic heterocycles. The molecule has 6 atom stereocenters. The van der Waals surface area contributed by atoms with Gasteiger partial charge in [-0.2, -0.15) is 28.7 Å². The first-order valence-corrected chi connectivity index (χ1v) is 18.6. The molecule has 8 rings (SSSR count). The van der Waals surface area contributed by atoms with E-state index >= 15 is 0 Å². The average molecular weight is 897 g/mol. The molecule has 2 aliphatic rings. The molecule has 0 aliphatic carbocycles. The second kappa shape index (κ2) is 17.5. The molecule has 0 radical (unpaired) electrons. The summed E-state index contributed by atoms with van der Waals surface area (Å²) in [5.41, 5.74) is 8.81. The van der Waals surface area contributed by atoms with Crippen molar-refractivity contribution in [3.8, 4) is 24.7 Å². The van der Waals surface area contributed by atoms with E-state index < -0.39 is 85.2 Å². The molecule has 0 amide bonds. The van der Waals surface area contributed by atoms with Crippen LogP contribution < -0.4 is 23.1 Å². The van der Waals surface area contributed by atoms with Gasteiger partial charge < -0.3 is 62.7 Å². The number of aryl methyl sites for hydroxylation is 2. The Labute approximate surface area is 355 Å². The highest BCUT2D eigenvalue weighted by Gasteiger charge is 2.52. The van der Waals surface area contributed by atoms with Crippen LogP contribution >= 0.6 is 0 Å². The van der Waals surface area contributed by atoms with E-state index in [1.165, 1.54) is 35.6 Å². The number of carbonyl (C=O) groups excluding carboxylic acids is 2. The van der Waals surface area contributed by atoms with Gasteiger partial charge in [0.05, 0.1) is 19.3 Å². The Balaban J connectivity index is 0.000000191. The third-order valence-corrected chi connectivity index (χ3v) is 10.1. The molecule has 0 bridgehead atoms. The summed E-state index contributed by atoms with van der Waals surface area (Å²) in [6.45, 7) is 3.19. The number of rotatable bonds is 10. The summed E-state index contributed by atoms with van der Waals surface area (Å²) in [6, 6.07) is 0. The van der Waals surface area contributed by atoms with E-state index in [0.717, 1.165) is 0 Å². The van der Waals surface area contributed by atoms with Crippen LogP contribution in [0.25, 0.3) is 22.3 Å². The molecular weight excluding hydrogens is 862 g/mol. The molecule has 27 heteroatoms. The predicted molar refractivity (Wildman–Crippen MR) is 203 cm³/mol. The zero-order valence-electron chi connectivity index (χ0n) is 33.5. The second-order valence-electron chi connectivity index (χ2n) is 13.8. The van der Waals surface area contributed by atoms with Crippen LogP contribution in [0.1, 0.15) is 61.7 Å². The van der Waals surface area contributed by atoms with E-state index in [1.807, 2.05) is 0 Å². The van der Waals surface area contributed by atoms with E-state index in [2.05, 4.69) is 46.2 Å². The van der Waals surface area contributed by atoms with Gasteiger partial charge in [-0.1, -0.05) is 18.8 Å². The lowest BCUT2D eigenvalue weighted by Gasteiger charge is -2.27. The minimum Gasteiger partial charge on any atom is -0.427 e. The lowest BCUT2D eigenvalue weighted by Crippen LogP contribution is -2.44. The number of ether oxygens (including phenoxy) is 6. The number of hydrogen-bond acceptors (Lipinski definition) is 23. The van der Waals surface area contributed by atoms with Crippen LogP contribution in [0.3, 0.4) is 0 Å². The van der Waals surface area contributed by atoms with Gasteiger partial charge in [-0.3, -0.25) is 9.13 Å². The predicted octanol–water partition coefficient (Wildman–Crippen LogP) is 2.23. The molecule has 0 aromatic carbocycles. The van der Waals surface area contributed by atoms with Crippen molar-refractivity contribution in [2.24, 2.45) is 0 Å². The van der Waals surface area contributed by atoms with E-state index in [1.54, 1.807) is 6.92 Å². The lowest BCUT2D eigenvalue weighted by molar-refractivity contribution is -0.0983. The summed E-state index contributed by atoms with van der Waals surface area (Å²) in [5, 5.41) is 9.87. The molecule has 0 saturated carbocycles. The zero-order valence-corrected chi connectivity index (χ0v) is 33.5. The quantitative estimate of drug-likeness (QED) is 0.101. The van der Waals surface area contributed by atoms with Crippen LogP contribution in [0.15, 0.2) is 39.9 Å². The van der Waals surface area contributed by atoms with Gasteiger partial charge in [-0.25, -0.2) is 29.1 Å². The smallest absolute Gasteiger partial charge is 0.427 e. The molecule has 2 aliphatic heterocycles. The zero-order chi connectivity index (χ0) is 46.1. The highest BCUT2D eigenvalue weighted by molar-refractivity contribution is 5.82. The van der Waals surface area contributed by atoms with Crippen molar-refractivity contribution >= 4 is 46.3 Å². The highest BCUT2D eigenvalue weighted by Crippen LogP contribution is 2.42. The molecule has 0 spiro atoms. The molecule has 6 aromatic rings. The van der Waals surface area contributed by atoms with Gasteiger partial charge in [0.2, 0.25) is 0 Å². The lowest BCUT2D eigenvalue weighted by atomic mass is 9.94. The van der Waals surface area contributed by atoms with Crippen LogP contribution in [0.2, 0.25) is 0 Å². The van der Waals surface area contributed by atoms with Gasteiger partial charge in [0.15, 0.2) is 87.5 Å². The Morgan fingerprint density at radius 1 is 0.781 bits per heavy atom. The van der Waals surface area contributed by atoms with E-state index in [4.69, 9.17) is 66.0 Å². The molecule has 8 heterocycles. The van der Waals surface area contributed by atoms with Crippen molar-refractivity contribution in [1.82, 2.24) is 39.0 Å². The van der Waals surface area contributed by atoms with Crippen molar-refractivity contribution in [2.75, 3.05) is 18.1 Å². The minimum absolute atomic E-state index is 0.00190. The van der Waals surface area contributed by atoms with Crippen LogP contribution in [0.5, 0.6) is 0 Å². The van der Waals surface area contributed by atoms with Gasteiger partial charge in [-0.05, 0) is 20.3 Å². The third-order valence-electron chi connectivity index (χ3n) is 10.1. The number of imidazole rings is 2. The fourth-order valence-corrected chi connectivity index (χ4v) is 6.76. The summed E-state index contributed by atoms with van der Waals surface area (Å²) in [6.07, 6.45) is 6.14.